The Hall–Kier alpha value is -1.20. The van der Waals surface area contributed by atoms with Crippen LogP contribution in [0.2, 0.25) is 0 Å². The summed E-state index contributed by atoms with van der Waals surface area (Å²) in [5.74, 6) is 2.60. The highest BCUT2D eigenvalue weighted by Crippen LogP contribution is 2.30. The lowest BCUT2D eigenvalue weighted by atomic mass is 10.0. The minimum Gasteiger partial charge on any atom is -0.481 e. The van der Waals surface area contributed by atoms with Crippen LogP contribution in [-0.2, 0) is 9.53 Å². The number of para-hydroxylation sites is 1. The number of carbonyl (C=O) groups excluding carboxylic acids is 1. The van der Waals surface area contributed by atoms with Crippen molar-refractivity contribution in [3.8, 4) is 5.75 Å². The molecule has 1 aromatic carbocycles. The van der Waals surface area contributed by atoms with Gasteiger partial charge in [-0.05, 0) is 31.2 Å². The lowest BCUT2D eigenvalue weighted by Crippen LogP contribution is -2.47. The SMILES string of the molecule is CO[C@]1(CNC(=O)[C@@H](C)Oc2ccccc2)CCSC1. The molecule has 1 aromatic rings. The molecule has 5 heteroatoms. The van der Waals surface area contributed by atoms with E-state index in [1.54, 1.807) is 14.0 Å². The predicted octanol–water partition coefficient (Wildman–Crippen LogP) is 2.09. The van der Waals surface area contributed by atoms with Crippen LogP contribution in [0.25, 0.3) is 0 Å². The zero-order valence-electron chi connectivity index (χ0n) is 11.9. The summed E-state index contributed by atoms with van der Waals surface area (Å²) in [5.41, 5.74) is -0.215. The van der Waals surface area contributed by atoms with Gasteiger partial charge in [-0.15, -0.1) is 0 Å². The standard InChI is InChI=1S/C15H21NO3S/c1-12(19-13-6-4-3-5-7-13)14(17)16-10-15(18-2)8-9-20-11-15/h3-7,12H,8-11H2,1-2H3,(H,16,17)/t12-,15+/m1/s1. The lowest BCUT2D eigenvalue weighted by Gasteiger charge is -2.27. The van der Waals surface area contributed by atoms with Crippen LogP contribution in [0.3, 0.4) is 0 Å². The Labute approximate surface area is 124 Å². The van der Waals surface area contributed by atoms with Gasteiger partial charge in [0.25, 0.3) is 5.91 Å². The molecule has 1 heterocycles. The molecule has 110 valence electrons. The molecule has 1 amide bonds. The summed E-state index contributed by atoms with van der Waals surface area (Å²) in [6.45, 7) is 2.29. The molecule has 4 nitrogen and oxygen atoms in total. The molecule has 0 unspecified atom stereocenters. The monoisotopic (exact) mass is 295 g/mol. The van der Waals surface area contributed by atoms with Crippen molar-refractivity contribution in [2.75, 3.05) is 25.2 Å². The number of thioether (sulfide) groups is 1. The zero-order chi connectivity index (χ0) is 14.4. The third-order valence-corrected chi connectivity index (χ3v) is 4.73. The summed E-state index contributed by atoms with van der Waals surface area (Å²) >= 11 is 1.86. The lowest BCUT2D eigenvalue weighted by molar-refractivity contribution is -0.128. The highest BCUT2D eigenvalue weighted by Gasteiger charge is 2.35. The van der Waals surface area contributed by atoms with Gasteiger partial charge in [0.2, 0.25) is 0 Å². The van der Waals surface area contributed by atoms with Gasteiger partial charge in [-0.3, -0.25) is 4.79 Å². The molecule has 1 aliphatic heterocycles. The molecule has 1 fully saturated rings. The summed E-state index contributed by atoms with van der Waals surface area (Å²) < 4.78 is 11.2. The number of amides is 1. The van der Waals surface area contributed by atoms with Crippen molar-refractivity contribution < 1.29 is 14.3 Å². The number of hydrogen-bond donors (Lipinski definition) is 1. The topological polar surface area (TPSA) is 47.6 Å². The second-order valence-electron chi connectivity index (χ2n) is 4.98. The Morgan fingerprint density at radius 1 is 1.45 bits per heavy atom. The molecule has 2 atom stereocenters. The fraction of sp³-hybridized carbons (Fsp3) is 0.533. The Kier molecular flexibility index (Phi) is 5.31. The normalized spacial score (nSPS) is 23.3. The van der Waals surface area contributed by atoms with Gasteiger partial charge in [0.1, 0.15) is 5.75 Å². The number of benzene rings is 1. The van der Waals surface area contributed by atoms with Crippen LogP contribution in [0.4, 0.5) is 0 Å². The summed E-state index contributed by atoms with van der Waals surface area (Å²) in [4.78, 5) is 12.1. The van der Waals surface area contributed by atoms with Crippen molar-refractivity contribution >= 4 is 17.7 Å². The van der Waals surface area contributed by atoms with Crippen LogP contribution in [0.15, 0.2) is 30.3 Å². The van der Waals surface area contributed by atoms with Crippen molar-refractivity contribution in [2.24, 2.45) is 0 Å². The Morgan fingerprint density at radius 3 is 2.80 bits per heavy atom. The van der Waals surface area contributed by atoms with Crippen molar-refractivity contribution in [1.82, 2.24) is 5.32 Å². The van der Waals surface area contributed by atoms with Gasteiger partial charge in [0.05, 0.1) is 5.60 Å². The Morgan fingerprint density at radius 2 is 2.20 bits per heavy atom. The highest BCUT2D eigenvalue weighted by molar-refractivity contribution is 7.99. The average molecular weight is 295 g/mol. The molecule has 0 radical (unpaired) electrons. The van der Waals surface area contributed by atoms with E-state index in [2.05, 4.69) is 5.32 Å². The molecular formula is C15H21NO3S. The molecule has 2 rings (SSSR count). The quantitative estimate of drug-likeness (QED) is 0.873. The van der Waals surface area contributed by atoms with Gasteiger partial charge >= 0.3 is 0 Å². The number of methoxy groups -OCH3 is 1. The number of rotatable bonds is 6. The predicted molar refractivity (Wildman–Crippen MR) is 81.2 cm³/mol. The van der Waals surface area contributed by atoms with Crippen molar-refractivity contribution in [1.29, 1.82) is 0 Å². The average Bonchev–Trinajstić information content (AvgIpc) is 2.95. The minimum absolute atomic E-state index is 0.109. The minimum atomic E-state index is -0.514. The second kappa shape index (κ2) is 6.99. The van der Waals surface area contributed by atoms with Gasteiger partial charge in [-0.2, -0.15) is 11.8 Å². The molecule has 0 spiro atoms. The van der Waals surface area contributed by atoms with Gasteiger partial charge in [-0.25, -0.2) is 0 Å². The van der Waals surface area contributed by atoms with E-state index >= 15 is 0 Å². The first-order chi connectivity index (χ1) is 9.65. The molecule has 0 saturated carbocycles. The zero-order valence-corrected chi connectivity index (χ0v) is 12.7. The summed E-state index contributed by atoms with van der Waals surface area (Å²) in [5, 5.41) is 2.93. The number of ether oxygens (including phenoxy) is 2. The van der Waals surface area contributed by atoms with Crippen molar-refractivity contribution in [3.63, 3.8) is 0 Å². The second-order valence-corrected chi connectivity index (χ2v) is 6.09. The van der Waals surface area contributed by atoms with Gasteiger partial charge < -0.3 is 14.8 Å². The number of hydrogen-bond acceptors (Lipinski definition) is 4. The van der Waals surface area contributed by atoms with E-state index in [0.717, 1.165) is 17.9 Å². The molecule has 0 aliphatic carbocycles. The molecule has 20 heavy (non-hydrogen) atoms. The van der Waals surface area contributed by atoms with Gasteiger partial charge in [-0.1, -0.05) is 18.2 Å². The fourth-order valence-corrected chi connectivity index (χ4v) is 3.51. The van der Waals surface area contributed by atoms with Crippen LogP contribution < -0.4 is 10.1 Å². The molecule has 1 N–H and O–H groups in total. The van der Waals surface area contributed by atoms with E-state index in [4.69, 9.17) is 9.47 Å². The first-order valence-corrected chi connectivity index (χ1v) is 7.93. The van der Waals surface area contributed by atoms with Crippen LogP contribution in [0, 0.1) is 0 Å². The van der Waals surface area contributed by atoms with Gasteiger partial charge in [0.15, 0.2) is 6.10 Å². The van der Waals surface area contributed by atoms with E-state index in [0.29, 0.717) is 12.3 Å². The molecule has 0 aromatic heterocycles. The smallest absolute Gasteiger partial charge is 0.260 e. The Bertz CT molecular complexity index is 432. The van der Waals surface area contributed by atoms with E-state index in [9.17, 15) is 4.79 Å². The largest absolute Gasteiger partial charge is 0.481 e. The summed E-state index contributed by atoms with van der Waals surface area (Å²) in [6.07, 6.45) is 0.461. The third-order valence-electron chi connectivity index (χ3n) is 3.51. The molecular weight excluding hydrogens is 274 g/mol. The first kappa shape index (κ1) is 15.2. The van der Waals surface area contributed by atoms with Crippen molar-refractivity contribution in [2.45, 2.75) is 25.0 Å². The van der Waals surface area contributed by atoms with Crippen LogP contribution in [0.5, 0.6) is 5.75 Å². The maximum absolute atomic E-state index is 12.1. The van der Waals surface area contributed by atoms with Crippen LogP contribution >= 0.6 is 11.8 Å². The number of carbonyl (C=O) groups is 1. The molecule has 0 bridgehead atoms. The summed E-state index contributed by atoms with van der Waals surface area (Å²) in [6, 6.07) is 9.37. The number of nitrogens with one attached hydrogen (secondary N) is 1. The van der Waals surface area contributed by atoms with E-state index in [1.165, 1.54) is 0 Å². The third kappa shape index (κ3) is 3.90. The van der Waals surface area contributed by atoms with E-state index < -0.39 is 6.10 Å². The van der Waals surface area contributed by atoms with Crippen LogP contribution in [-0.4, -0.2) is 42.8 Å². The summed E-state index contributed by atoms with van der Waals surface area (Å²) in [7, 11) is 1.71. The first-order valence-electron chi connectivity index (χ1n) is 6.77. The van der Waals surface area contributed by atoms with Crippen LogP contribution in [0.1, 0.15) is 13.3 Å². The van der Waals surface area contributed by atoms with E-state index in [1.807, 2.05) is 42.1 Å². The van der Waals surface area contributed by atoms with Crippen molar-refractivity contribution in [3.05, 3.63) is 30.3 Å². The van der Waals surface area contributed by atoms with Gasteiger partial charge in [0, 0.05) is 19.4 Å². The Balaban J connectivity index is 1.82. The van der Waals surface area contributed by atoms with E-state index in [-0.39, 0.29) is 11.5 Å². The maximum Gasteiger partial charge on any atom is 0.260 e. The fourth-order valence-electron chi connectivity index (χ4n) is 2.11. The maximum atomic E-state index is 12.1. The molecule has 1 saturated heterocycles. The molecule has 1 aliphatic rings. The highest BCUT2D eigenvalue weighted by atomic mass is 32.2.